The molecule has 0 aliphatic carbocycles. The van der Waals surface area contributed by atoms with Gasteiger partial charge in [0.25, 0.3) is 17.2 Å². The van der Waals surface area contributed by atoms with E-state index in [9.17, 15) is 19.7 Å². The number of benzene rings is 1. The molecule has 0 aliphatic heterocycles. The van der Waals surface area contributed by atoms with Gasteiger partial charge in [-0.15, -0.1) is 0 Å². The molecule has 0 atom stereocenters. The van der Waals surface area contributed by atoms with Gasteiger partial charge in [0.2, 0.25) is 0 Å². The third kappa shape index (κ3) is 4.10. The second-order valence-electron chi connectivity index (χ2n) is 4.67. The molecular weight excluding hydrogens is 300 g/mol. The zero-order valence-electron chi connectivity index (χ0n) is 12.3. The molecule has 1 heterocycles. The number of aromatic nitrogens is 1. The Hall–Kier alpha value is -3.29. The Balaban J connectivity index is 2.11. The number of amides is 1. The van der Waals surface area contributed by atoms with Gasteiger partial charge in [-0.05, 0) is 19.1 Å². The van der Waals surface area contributed by atoms with Gasteiger partial charge in [0.05, 0.1) is 16.2 Å². The number of para-hydroxylation sites is 1. The van der Waals surface area contributed by atoms with Crippen molar-refractivity contribution in [2.24, 2.45) is 5.10 Å². The van der Waals surface area contributed by atoms with Crippen LogP contribution < -0.4 is 11.0 Å². The predicted octanol–water partition coefficient (Wildman–Crippen LogP) is 1.30. The molecule has 0 saturated carbocycles. The molecule has 0 aliphatic rings. The second-order valence-corrected chi connectivity index (χ2v) is 4.67. The Morgan fingerprint density at radius 3 is 2.65 bits per heavy atom. The first-order valence-electron chi connectivity index (χ1n) is 6.71. The summed E-state index contributed by atoms with van der Waals surface area (Å²) in [5.74, 6) is -0.503. The molecule has 1 aromatic carbocycles. The quantitative estimate of drug-likeness (QED) is 0.510. The van der Waals surface area contributed by atoms with Crippen LogP contribution >= 0.6 is 0 Å². The lowest BCUT2D eigenvalue weighted by Crippen LogP contribution is -2.29. The lowest BCUT2D eigenvalue weighted by Gasteiger charge is -2.05. The number of rotatable bonds is 5. The number of hydrazone groups is 1. The fourth-order valence-corrected chi connectivity index (χ4v) is 1.93. The topological polar surface area (TPSA) is 107 Å². The van der Waals surface area contributed by atoms with Gasteiger partial charge in [-0.3, -0.25) is 19.7 Å². The highest BCUT2D eigenvalue weighted by molar-refractivity contribution is 6.02. The summed E-state index contributed by atoms with van der Waals surface area (Å²) in [5.41, 5.74) is 2.50. The minimum Gasteiger partial charge on any atom is -0.306 e. The Bertz CT molecular complexity index is 826. The first kappa shape index (κ1) is 16.1. The molecule has 23 heavy (non-hydrogen) atoms. The van der Waals surface area contributed by atoms with Crippen molar-refractivity contribution < 1.29 is 9.72 Å². The molecule has 0 radical (unpaired) electrons. The van der Waals surface area contributed by atoms with Crippen LogP contribution in [0.2, 0.25) is 0 Å². The zero-order valence-corrected chi connectivity index (χ0v) is 12.3. The molecular formula is C15H14N4O4. The number of nitro benzene ring substituents is 1. The molecule has 1 N–H and O–H groups in total. The Morgan fingerprint density at radius 2 is 1.96 bits per heavy atom. The lowest BCUT2D eigenvalue weighted by atomic mass is 10.1. The number of nitrogens with zero attached hydrogens (tertiary/aromatic N) is 3. The second kappa shape index (κ2) is 7.12. The monoisotopic (exact) mass is 314 g/mol. The van der Waals surface area contributed by atoms with Crippen LogP contribution in [0.1, 0.15) is 12.5 Å². The molecule has 0 fully saturated rings. The summed E-state index contributed by atoms with van der Waals surface area (Å²) >= 11 is 0. The Labute approximate surface area is 131 Å². The smallest absolute Gasteiger partial charge is 0.278 e. The van der Waals surface area contributed by atoms with Gasteiger partial charge in [-0.25, -0.2) is 5.43 Å². The van der Waals surface area contributed by atoms with Crippen molar-refractivity contribution in [3.8, 4) is 0 Å². The predicted molar refractivity (Wildman–Crippen MR) is 84.2 cm³/mol. The van der Waals surface area contributed by atoms with Crippen molar-refractivity contribution in [3.63, 3.8) is 0 Å². The van der Waals surface area contributed by atoms with Crippen LogP contribution in [0.4, 0.5) is 5.69 Å². The van der Waals surface area contributed by atoms with Gasteiger partial charge in [0.15, 0.2) is 0 Å². The number of hydrogen-bond acceptors (Lipinski definition) is 5. The first-order valence-corrected chi connectivity index (χ1v) is 6.71. The Kier molecular flexibility index (Phi) is 4.98. The third-order valence-electron chi connectivity index (χ3n) is 3.05. The molecule has 0 saturated heterocycles. The molecule has 8 heteroatoms. The number of carbonyl (C=O) groups excluding carboxylic acids is 1. The summed E-state index contributed by atoms with van der Waals surface area (Å²) in [5, 5.41) is 14.8. The molecule has 1 amide bonds. The van der Waals surface area contributed by atoms with Gasteiger partial charge in [0.1, 0.15) is 6.54 Å². The van der Waals surface area contributed by atoms with Crippen LogP contribution in [0.15, 0.2) is 58.6 Å². The summed E-state index contributed by atoms with van der Waals surface area (Å²) < 4.78 is 1.23. The van der Waals surface area contributed by atoms with Crippen molar-refractivity contribution in [2.45, 2.75) is 13.5 Å². The van der Waals surface area contributed by atoms with Crippen molar-refractivity contribution in [1.82, 2.24) is 9.99 Å². The first-order chi connectivity index (χ1) is 11.0. The largest absolute Gasteiger partial charge is 0.306 e. The van der Waals surface area contributed by atoms with E-state index in [0.717, 1.165) is 0 Å². The summed E-state index contributed by atoms with van der Waals surface area (Å²) in [7, 11) is 0. The van der Waals surface area contributed by atoms with Gasteiger partial charge in [-0.1, -0.05) is 18.2 Å². The normalized spacial score (nSPS) is 11.1. The van der Waals surface area contributed by atoms with Crippen molar-refractivity contribution >= 4 is 17.3 Å². The minimum atomic E-state index is -0.514. The highest BCUT2D eigenvalue weighted by Crippen LogP contribution is 2.18. The average Bonchev–Trinajstić information content (AvgIpc) is 2.54. The summed E-state index contributed by atoms with van der Waals surface area (Å²) in [6.07, 6.45) is 1.49. The van der Waals surface area contributed by atoms with E-state index in [-0.39, 0.29) is 17.8 Å². The fourth-order valence-electron chi connectivity index (χ4n) is 1.93. The summed E-state index contributed by atoms with van der Waals surface area (Å²) in [6, 6.07) is 10.7. The van der Waals surface area contributed by atoms with E-state index in [4.69, 9.17) is 0 Å². The summed E-state index contributed by atoms with van der Waals surface area (Å²) in [4.78, 5) is 33.8. The van der Waals surface area contributed by atoms with Crippen LogP contribution in [-0.4, -0.2) is 21.1 Å². The van der Waals surface area contributed by atoms with E-state index in [0.29, 0.717) is 11.3 Å². The average molecular weight is 314 g/mol. The summed E-state index contributed by atoms with van der Waals surface area (Å²) in [6.45, 7) is 1.37. The van der Waals surface area contributed by atoms with Crippen molar-refractivity contribution in [3.05, 3.63) is 74.7 Å². The molecule has 8 nitrogen and oxygen atoms in total. The standard InChI is InChI=1S/C15H14N4O4/c1-11(12-6-2-3-7-13(12)19(22)23)16-17-14(20)10-18-9-5-4-8-15(18)21/h2-9H,10H2,1H3,(H,17,20)/b16-11-. The van der Waals surface area contributed by atoms with E-state index >= 15 is 0 Å². The number of nitrogens with one attached hydrogen (secondary N) is 1. The van der Waals surface area contributed by atoms with Crippen LogP contribution in [-0.2, 0) is 11.3 Å². The van der Waals surface area contributed by atoms with E-state index in [1.54, 1.807) is 37.3 Å². The molecule has 1 aromatic heterocycles. The van der Waals surface area contributed by atoms with E-state index in [2.05, 4.69) is 10.5 Å². The number of hydrogen-bond donors (Lipinski definition) is 1. The minimum absolute atomic E-state index is 0.0951. The highest BCUT2D eigenvalue weighted by Gasteiger charge is 2.14. The molecule has 0 unspecified atom stereocenters. The van der Waals surface area contributed by atoms with Gasteiger partial charge >= 0.3 is 0 Å². The van der Waals surface area contributed by atoms with E-state index in [1.807, 2.05) is 0 Å². The molecule has 2 aromatic rings. The maximum absolute atomic E-state index is 11.8. The highest BCUT2D eigenvalue weighted by atomic mass is 16.6. The maximum Gasteiger partial charge on any atom is 0.278 e. The van der Waals surface area contributed by atoms with Gasteiger partial charge in [-0.2, -0.15) is 5.10 Å². The van der Waals surface area contributed by atoms with Crippen LogP contribution in [0.25, 0.3) is 0 Å². The fraction of sp³-hybridized carbons (Fsp3) is 0.133. The van der Waals surface area contributed by atoms with Crippen molar-refractivity contribution in [2.75, 3.05) is 0 Å². The number of pyridine rings is 1. The lowest BCUT2D eigenvalue weighted by molar-refractivity contribution is -0.385. The number of carbonyl (C=O) groups is 1. The molecule has 0 spiro atoms. The Morgan fingerprint density at radius 1 is 1.26 bits per heavy atom. The van der Waals surface area contributed by atoms with Crippen LogP contribution in [0.5, 0.6) is 0 Å². The molecule has 0 bridgehead atoms. The van der Waals surface area contributed by atoms with Gasteiger partial charge < -0.3 is 4.57 Å². The molecule has 2 rings (SSSR count). The van der Waals surface area contributed by atoms with Crippen LogP contribution in [0.3, 0.4) is 0 Å². The third-order valence-corrected chi connectivity index (χ3v) is 3.05. The SMILES string of the molecule is C/C(=N/NC(=O)Cn1ccccc1=O)c1ccccc1[N+](=O)[O-]. The van der Waals surface area contributed by atoms with Crippen molar-refractivity contribution in [1.29, 1.82) is 0 Å². The van der Waals surface area contributed by atoms with E-state index < -0.39 is 10.8 Å². The molecule has 118 valence electrons. The maximum atomic E-state index is 11.8. The van der Waals surface area contributed by atoms with Gasteiger partial charge in [0, 0.05) is 18.3 Å². The van der Waals surface area contributed by atoms with E-state index in [1.165, 1.54) is 22.9 Å². The zero-order chi connectivity index (χ0) is 16.8. The van der Waals surface area contributed by atoms with Crippen LogP contribution in [0, 0.1) is 10.1 Å². The number of nitro groups is 1.